The predicted octanol–water partition coefficient (Wildman–Crippen LogP) is 3.29. The Balaban J connectivity index is 2.18. The zero-order valence-corrected chi connectivity index (χ0v) is 12.7. The molecule has 2 aromatic rings. The lowest BCUT2D eigenvalue weighted by atomic mass is 10.1. The second-order valence-electron chi connectivity index (χ2n) is 4.19. The van der Waals surface area contributed by atoms with Crippen LogP contribution in [0.3, 0.4) is 0 Å². The molecule has 1 aromatic carbocycles. The van der Waals surface area contributed by atoms with E-state index in [0.29, 0.717) is 16.8 Å². The van der Waals surface area contributed by atoms with E-state index >= 15 is 0 Å². The van der Waals surface area contributed by atoms with E-state index in [1.54, 1.807) is 25.4 Å². The lowest BCUT2D eigenvalue weighted by Crippen LogP contribution is -2.15. The Bertz CT molecular complexity index is 602. The summed E-state index contributed by atoms with van der Waals surface area (Å²) in [6, 6.07) is 11.2. The average Bonchev–Trinajstić information content (AvgIpc) is 2.46. The molecule has 0 saturated carbocycles. The number of halogens is 1. The Hall–Kier alpha value is -1.72. The normalized spacial score (nSPS) is 10.3. The zero-order valence-electron chi connectivity index (χ0n) is 11.1. The Labute approximate surface area is 126 Å². The van der Waals surface area contributed by atoms with Gasteiger partial charge in [0.1, 0.15) is 5.69 Å². The minimum atomic E-state index is -0.234. The van der Waals surface area contributed by atoms with Crippen molar-refractivity contribution in [1.82, 2.24) is 4.98 Å². The maximum atomic E-state index is 12.2. The van der Waals surface area contributed by atoms with Gasteiger partial charge in [0.05, 0.1) is 6.61 Å². The van der Waals surface area contributed by atoms with Crippen molar-refractivity contribution in [3.8, 4) is 0 Å². The van der Waals surface area contributed by atoms with E-state index in [1.165, 1.54) is 0 Å². The summed E-state index contributed by atoms with van der Waals surface area (Å²) in [5.74, 6) is -0.234. The number of anilines is 1. The van der Waals surface area contributed by atoms with Crippen LogP contribution in [0.25, 0.3) is 0 Å². The quantitative estimate of drug-likeness (QED) is 0.912. The lowest BCUT2D eigenvalue weighted by molar-refractivity contribution is 0.102. The maximum absolute atomic E-state index is 12.2. The van der Waals surface area contributed by atoms with E-state index in [2.05, 4.69) is 26.2 Å². The van der Waals surface area contributed by atoms with Gasteiger partial charge in [-0.25, -0.2) is 4.98 Å². The van der Waals surface area contributed by atoms with Crippen molar-refractivity contribution in [2.75, 3.05) is 19.0 Å². The van der Waals surface area contributed by atoms with Gasteiger partial charge in [-0.2, -0.15) is 0 Å². The number of methoxy groups -OCH3 is 1. The Morgan fingerprint density at radius 1 is 1.30 bits per heavy atom. The first-order valence-corrected chi connectivity index (χ1v) is 7.00. The molecule has 0 saturated heterocycles. The first-order valence-electron chi connectivity index (χ1n) is 6.21. The van der Waals surface area contributed by atoms with Crippen molar-refractivity contribution in [2.24, 2.45) is 0 Å². The molecule has 0 unspecified atom stereocenters. The van der Waals surface area contributed by atoms with Crippen LogP contribution in [0, 0.1) is 0 Å². The van der Waals surface area contributed by atoms with Crippen molar-refractivity contribution >= 4 is 27.5 Å². The van der Waals surface area contributed by atoms with Gasteiger partial charge >= 0.3 is 0 Å². The molecule has 1 aromatic heterocycles. The van der Waals surface area contributed by atoms with Crippen LogP contribution in [0.1, 0.15) is 16.1 Å². The fourth-order valence-electron chi connectivity index (χ4n) is 1.81. The minimum Gasteiger partial charge on any atom is -0.384 e. The molecule has 5 heteroatoms. The highest BCUT2D eigenvalue weighted by molar-refractivity contribution is 9.10. The molecule has 0 atom stereocenters. The molecule has 0 radical (unpaired) electrons. The maximum Gasteiger partial charge on any atom is 0.275 e. The molecule has 2 rings (SSSR count). The number of pyridine rings is 1. The number of carbonyl (C=O) groups excluding carboxylic acids is 1. The van der Waals surface area contributed by atoms with Gasteiger partial charge in [-0.3, -0.25) is 4.79 Å². The molecular formula is C15H15BrN2O2. The first-order chi connectivity index (χ1) is 9.72. The van der Waals surface area contributed by atoms with Crippen LogP contribution in [0.15, 0.2) is 47.1 Å². The summed E-state index contributed by atoms with van der Waals surface area (Å²) in [4.78, 5) is 16.3. The van der Waals surface area contributed by atoms with Crippen LogP contribution in [0.2, 0.25) is 0 Å². The average molecular weight is 335 g/mol. The third-order valence-corrected chi connectivity index (χ3v) is 3.45. The largest absolute Gasteiger partial charge is 0.384 e. The Kier molecular flexibility index (Phi) is 5.26. The van der Waals surface area contributed by atoms with Crippen molar-refractivity contribution in [2.45, 2.75) is 6.42 Å². The van der Waals surface area contributed by atoms with Gasteiger partial charge < -0.3 is 10.1 Å². The molecule has 104 valence electrons. The molecule has 4 nitrogen and oxygen atoms in total. The monoisotopic (exact) mass is 334 g/mol. The fraction of sp³-hybridized carbons (Fsp3) is 0.200. The van der Waals surface area contributed by atoms with Crippen molar-refractivity contribution < 1.29 is 9.53 Å². The van der Waals surface area contributed by atoms with Crippen LogP contribution in [-0.4, -0.2) is 24.6 Å². The molecule has 0 aliphatic carbocycles. The van der Waals surface area contributed by atoms with Gasteiger partial charge in [-0.05, 0) is 46.1 Å². The summed E-state index contributed by atoms with van der Waals surface area (Å²) in [5, 5.41) is 2.89. The Morgan fingerprint density at radius 2 is 2.10 bits per heavy atom. The lowest BCUT2D eigenvalue weighted by Gasteiger charge is -2.11. The van der Waals surface area contributed by atoms with Crippen molar-refractivity contribution in [3.63, 3.8) is 0 Å². The number of para-hydroxylation sites is 1. The number of aromatic nitrogens is 1. The van der Waals surface area contributed by atoms with Gasteiger partial charge in [0.25, 0.3) is 5.91 Å². The summed E-state index contributed by atoms with van der Waals surface area (Å²) >= 11 is 3.33. The van der Waals surface area contributed by atoms with E-state index in [4.69, 9.17) is 4.74 Å². The molecule has 0 aliphatic rings. The number of nitrogens with zero attached hydrogens (tertiary/aromatic N) is 1. The van der Waals surface area contributed by atoms with E-state index < -0.39 is 0 Å². The molecule has 0 spiro atoms. The standard InChI is InChI=1S/C15H15BrN2O2/c1-20-10-8-11-5-2-3-7-13(11)18-15(19)14-12(16)6-4-9-17-14/h2-7,9H,8,10H2,1H3,(H,18,19). The van der Waals surface area contributed by atoms with Crippen LogP contribution in [-0.2, 0) is 11.2 Å². The number of ether oxygens (including phenoxy) is 1. The van der Waals surface area contributed by atoms with Gasteiger partial charge in [-0.1, -0.05) is 18.2 Å². The van der Waals surface area contributed by atoms with Gasteiger partial charge in [0, 0.05) is 23.5 Å². The van der Waals surface area contributed by atoms with Crippen molar-refractivity contribution in [3.05, 3.63) is 58.3 Å². The number of nitrogens with one attached hydrogen (secondary N) is 1. The van der Waals surface area contributed by atoms with Crippen LogP contribution < -0.4 is 5.32 Å². The van der Waals surface area contributed by atoms with Crippen LogP contribution in [0.4, 0.5) is 5.69 Å². The number of hydrogen-bond donors (Lipinski definition) is 1. The third kappa shape index (κ3) is 3.65. The highest BCUT2D eigenvalue weighted by atomic mass is 79.9. The van der Waals surface area contributed by atoms with E-state index in [1.807, 2.05) is 24.3 Å². The molecule has 0 fully saturated rings. The molecule has 1 heterocycles. The number of hydrogen-bond acceptors (Lipinski definition) is 3. The smallest absolute Gasteiger partial charge is 0.275 e. The summed E-state index contributed by atoms with van der Waals surface area (Å²) < 4.78 is 5.75. The van der Waals surface area contributed by atoms with Crippen LogP contribution >= 0.6 is 15.9 Å². The predicted molar refractivity (Wildman–Crippen MR) is 81.9 cm³/mol. The molecule has 1 N–H and O–H groups in total. The third-order valence-electron chi connectivity index (χ3n) is 2.81. The van der Waals surface area contributed by atoms with Gasteiger partial charge in [-0.15, -0.1) is 0 Å². The first kappa shape index (κ1) is 14.7. The number of rotatable bonds is 5. The van der Waals surface area contributed by atoms with E-state index in [-0.39, 0.29) is 5.91 Å². The van der Waals surface area contributed by atoms with Crippen LogP contribution in [0.5, 0.6) is 0 Å². The number of amides is 1. The second-order valence-corrected chi connectivity index (χ2v) is 5.04. The summed E-state index contributed by atoms with van der Waals surface area (Å²) in [7, 11) is 1.66. The molecule has 0 bridgehead atoms. The van der Waals surface area contributed by atoms with E-state index in [0.717, 1.165) is 17.7 Å². The summed E-state index contributed by atoms with van der Waals surface area (Å²) in [6.07, 6.45) is 2.34. The summed E-state index contributed by atoms with van der Waals surface area (Å²) in [5.41, 5.74) is 2.19. The minimum absolute atomic E-state index is 0.234. The fourth-order valence-corrected chi connectivity index (χ4v) is 2.24. The second kappa shape index (κ2) is 7.17. The number of benzene rings is 1. The molecule has 20 heavy (non-hydrogen) atoms. The molecule has 1 amide bonds. The highest BCUT2D eigenvalue weighted by Crippen LogP contribution is 2.19. The van der Waals surface area contributed by atoms with Crippen molar-refractivity contribution in [1.29, 1.82) is 0 Å². The summed E-state index contributed by atoms with van der Waals surface area (Å²) in [6.45, 7) is 0.611. The highest BCUT2D eigenvalue weighted by Gasteiger charge is 2.12. The number of carbonyl (C=O) groups is 1. The Morgan fingerprint density at radius 3 is 2.85 bits per heavy atom. The topological polar surface area (TPSA) is 51.2 Å². The van der Waals surface area contributed by atoms with Gasteiger partial charge in [0.2, 0.25) is 0 Å². The van der Waals surface area contributed by atoms with E-state index in [9.17, 15) is 4.79 Å². The van der Waals surface area contributed by atoms with Gasteiger partial charge in [0.15, 0.2) is 0 Å². The molecular weight excluding hydrogens is 320 g/mol. The zero-order chi connectivity index (χ0) is 14.4. The molecule has 0 aliphatic heterocycles. The SMILES string of the molecule is COCCc1ccccc1NC(=O)c1ncccc1Br.